The lowest BCUT2D eigenvalue weighted by molar-refractivity contribution is -0.145. The molecule has 2 amide bonds. The highest BCUT2D eigenvalue weighted by Crippen LogP contribution is 2.44. The number of nitrogens with one attached hydrogen (secondary N) is 1. The maximum Gasteiger partial charge on any atom is 0.407 e. The molecule has 1 atom stereocenters. The maximum atomic E-state index is 13.8. The number of carbonyl (C=O) groups excluding carboxylic acids is 2. The van der Waals surface area contributed by atoms with E-state index in [2.05, 4.69) is 5.32 Å². The van der Waals surface area contributed by atoms with E-state index in [-0.39, 0.29) is 19.1 Å². The number of carboxylic acid groups (broad SMARTS) is 1. The second-order valence-electron chi connectivity index (χ2n) is 8.74. The molecule has 0 saturated carbocycles. The summed E-state index contributed by atoms with van der Waals surface area (Å²) in [5, 5.41) is 11.3. The number of halogens is 2. The van der Waals surface area contributed by atoms with Gasteiger partial charge < -0.3 is 20.1 Å². The van der Waals surface area contributed by atoms with Crippen molar-refractivity contribution in [3.63, 3.8) is 0 Å². The summed E-state index contributed by atoms with van der Waals surface area (Å²) in [6.45, 7) is -0.787. The van der Waals surface area contributed by atoms with Gasteiger partial charge in [0.15, 0.2) is 0 Å². The van der Waals surface area contributed by atoms with Crippen LogP contribution in [0.5, 0.6) is 0 Å². The average molecular weight is 509 g/mol. The topological polar surface area (TPSA) is 95.9 Å². The van der Waals surface area contributed by atoms with Gasteiger partial charge in [0.25, 0.3) is 6.43 Å². The fourth-order valence-corrected chi connectivity index (χ4v) is 4.51. The van der Waals surface area contributed by atoms with E-state index in [0.717, 1.165) is 27.2 Å². The van der Waals surface area contributed by atoms with Gasteiger partial charge in [0, 0.05) is 12.5 Å². The number of alkyl halides is 2. The largest absolute Gasteiger partial charge is 0.480 e. The minimum atomic E-state index is -3.06. The Morgan fingerprint density at radius 3 is 2.03 bits per heavy atom. The second kappa shape index (κ2) is 11.6. The lowest BCUT2D eigenvalue weighted by Gasteiger charge is -2.24. The van der Waals surface area contributed by atoms with Crippen LogP contribution in [0.3, 0.4) is 0 Å². The Morgan fingerprint density at radius 2 is 1.46 bits per heavy atom. The van der Waals surface area contributed by atoms with Crippen molar-refractivity contribution in [3.05, 3.63) is 95.6 Å². The van der Waals surface area contributed by atoms with Crippen LogP contribution >= 0.6 is 0 Å². The lowest BCUT2D eigenvalue weighted by atomic mass is 9.98. The van der Waals surface area contributed by atoms with Gasteiger partial charge in [-0.2, -0.15) is 0 Å². The summed E-state index contributed by atoms with van der Waals surface area (Å²) in [5.41, 5.74) is 4.65. The number of rotatable bonds is 10. The Labute approximate surface area is 212 Å². The number of amides is 2. The SMILES string of the molecule is O=C(O)CN(Cc1ccccc1)C(=O)CC(NC(=O)OCC1c2ccccc2-c2ccccc21)C(F)F. The predicted molar refractivity (Wildman–Crippen MR) is 132 cm³/mol. The molecule has 0 aliphatic heterocycles. The molecule has 1 unspecified atom stereocenters. The van der Waals surface area contributed by atoms with E-state index in [1.54, 1.807) is 30.3 Å². The van der Waals surface area contributed by atoms with Crippen molar-refractivity contribution in [2.24, 2.45) is 0 Å². The zero-order valence-corrected chi connectivity index (χ0v) is 19.8. The number of alkyl carbamates (subject to hydrolysis) is 1. The van der Waals surface area contributed by atoms with Gasteiger partial charge in [0.2, 0.25) is 5.91 Å². The van der Waals surface area contributed by atoms with Crippen molar-refractivity contribution in [1.82, 2.24) is 10.2 Å². The molecule has 0 fully saturated rings. The van der Waals surface area contributed by atoms with Gasteiger partial charge >= 0.3 is 12.1 Å². The Kier molecular flexibility index (Phi) is 8.12. The second-order valence-corrected chi connectivity index (χ2v) is 8.74. The molecule has 9 heteroatoms. The quantitative estimate of drug-likeness (QED) is 0.415. The molecule has 0 bridgehead atoms. The third-order valence-corrected chi connectivity index (χ3v) is 6.24. The van der Waals surface area contributed by atoms with Crippen LogP contribution in [0, 0.1) is 0 Å². The number of ether oxygens (including phenoxy) is 1. The number of hydrogen-bond acceptors (Lipinski definition) is 4. The van der Waals surface area contributed by atoms with E-state index in [4.69, 9.17) is 4.74 Å². The Morgan fingerprint density at radius 1 is 0.892 bits per heavy atom. The van der Waals surface area contributed by atoms with Crippen molar-refractivity contribution in [1.29, 1.82) is 0 Å². The molecule has 37 heavy (non-hydrogen) atoms. The van der Waals surface area contributed by atoms with Crippen molar-refractivity contribution in [2.75, 3.05) is 13.2 Å². The molecular formula is C28H26F2N2O5. The van der Waals surface area contributed by atoms with Crippen LogP contribution in [0.4, 0.5) is 13.6 Å². The van der Waals surface area contributed by atoms with Crippen LogP contribution in [0.15, 0.2) is 78.9 Å². The molecule has 0 saturated heterocycles. The highest BCUT2D eigenvalue weighted by atomic mass is 19.3. The van der Waals surface area contributed by atoms with Gasteiger partial charge in [-0.15, -0.1) is 0 Å². The van der Waals surface area contributed by atoms with E-state index in [0.29, 0.717) is 5.56 Å². The summed E-state index contributed by atoms with van der Waals surface area (Å²) in [7, 11) is 0. The number of carbonyl (C=O) groups is 3. The normalized spacial score (nSPS) is 12.9. The van der Waals surface area contributed by atoms with Gasteiger partial charge in [-0.1, -0.05) is 78.9 Å². The monoisotopic (exact) mass is 508 g/mol. The van der Waals surface area contributed by atoms with Gasteiger partial charge in [-0.3, -0.25) is 9.59 Å². The number of fused-ring (bicyclic) bond motifs is 3. The van der Waals surface area contributed by atoms with Crippen molar-refractivity contribution in [2.45, 2.75) is 31.4 Å². The van der Waals surface area contributed by atoms with E-state index in [1.165, 1.54) is 0 Å². The van der Waals surface area contributed by atoms with Crippen LogP contribution < -0.4 is 5.32 Å². The van der Waals surface area contributed by atoms with Gasteiger partial charge in [0.05, 0.1) is 6.42 Å². The molecule has 3 aromatic rings. The maximum absolute atomic E-state index is 13.8. The van der Waals surface area contributed by atoms with Crippen LogP contribution in [0.1, 0.15) is 29.0 Å². The average Bonchev–Trinajstić information content (AvgIpc) is 3.20. The highest BCUT2D eigenvalue weighted by molar-refractivity contribution is 5.82. The van der Waals surface area contributed by atoms with E-state index in [1.807, 2.05) is 48.5 Å². The summed E-state index contributed by atoms with van der Waals surface area (Å²) >= 11 is 0. The first kappa shape index (κ1) is 25.8. The first-order valence-corrected chi connectivity index (χ1v) is 11.8. The Bertz CT molecular complexity index is 1220. The van der Waals surface area contributed by atoms with E-state index in [9.17, 15) is 28.3 Å². The first-order valence-electron chi connectivity index (χ1n) is 11.8. The van der Waals surface area contributed by atoms with Gasteiger partial charge in [0.1, 0.15) is 19.2 Å². The molecule has 0 spiro atoms. The van der Waals surface area contributed by atoms with Crippen LogP contribution in [0.25, 0.3) is 11.1 Å². The number of benzene rings is 3. The lowest BCUT2D eigenvalue weighted by Crippen LogP contribution is -2.45. The summed E-state index contributed by atoms with van der Waals surface area (Å²) in [6.07, 6.45) is -4.91. The fourth-order valence-electron chi connectivity index (χ4n) is 4.51. The fraction of sp³-hybridized carbons (Fsp3) is 0.250. The number of aliphatic carboxylic acids is 1. The van der Waals surface area contributed by atoms with E-state index < -0.39 is 43.4 Å². The molecule has 4 rings (SSSR count). The molecular weight excluding hydrogens is 482 g/mol. The molecule has 3 aromatic carbocycles. The molecule has 0 radical (unpaired) electrons. The Balaban J connectivity index is 1.39. The van der Waals surface area contributed by atoms with Crippen molar-refractivity contribution < 1.29 is 33.0 Å². The van der Waals surface area contributed by atoms with Crippen molar-refractivity contribution in [3.8, 4) is 11.1 Å². The molecule has 1 aliphatic rings. The van der Waals surface area contributed by atoms with Gasteiger partial charge in [-0.05, 0) is 27.8 Å². The molecule has 2 N–H and O–H groups in total. The third kappa shape index (κ3) is 6.30. The summed E-state index contributed by atoms with van der Waals surface area (Å²) in [5.74, 6) is -2.35. The van der Waals surface area contributed by atoms with Crippen LogP contribution in [-0.2, 0) is 20.9 Å². The molecule has 192 valence electrons. The van der Waals surface area contributed by atoms with E-state index >= 15 is 0 Å². The zero-order chi connectivity index (χ0) is 26.4. The molecule has 1 aliphatic carbocycles. The standard InChI is InChI=1S/C28H26F2N2O5/c29-27(30)24(14-25(33)32(16-26(34)35)15-18-8-2-1-3-9-18)31-28(36)37-17-23-21-12-6-4-10-19(21)20-11-5-7-13-22(20)23/h1-13,23-24,27H,14-17H2,(H,31,36)(H,34,35). The predicted octanol–water partition coefficient (Wildman–Crippen LogP) is 4.66. The summed E-state index contributed by atoms with van der Waals surface area (Å²) < 4.78 is 32.8. The first-order chi connectivity index (χ1) is 17.8. The number of hydrogen-bond donors (Lipinski definition) is 2. The molecule has 0 heterocycles. The van der Waals surface area contributed by atoms with Gasteiger partial charge in [-0.25, -0.2) is 13.6 Å². The summed E-state index contributed by atoms with van der Waals surface area (Å²) in [4.78, 5) is 37.5. The minimum Gasteiger partial charge on any atom is -0.480 e. The highest BCUT2D eigenvalue weighted by Gasteiger charge is 2.31. The third-order valence-electron chi connectivity index (χ3n) is 6.24. The Hall–Kier alpha value is -4.27. The zero-order valence-electron chi connectivity index (χ0n) is 19.8. The smallest absolute Gasteiger partial charge is 0.407 e. The van der Waals surface area contributed by atoms with Crippen molar-refractivity contribution >= 4 is 18.0 Å². The minimum absolute atomic E-state index is 0.0626. The van der Waals surface area contributed by atoms with Crippen LogP contribution in [0.2, 0.25) is 0 Å². The summed E-state index contributed by atoms with van der Waals surface area (Å²) in [6, 6.07) is 22.2. The number of nitrogens with zero attached hydrogens (tertiary/aromatic N) is 1. The van der Waals surface area contributed by atoms with Crippen LogP contribution in [-0.4, -0.2) is 53.6 Å². The number of carboxylic acids is 1. The molecule has 7 nitrogen and oxygen atoms in total. The molecule has 0 aromatic heterocycles.